The molecule has 0 radical (unpaired) electrons. The van der Waals surface area contributed by atoms with Gasteiger partial charge in [-0.15, -0.1) is 0 Å². The summed E-state index contributed by atoms with van der Waals surface area (Å²) in [6.45, 7) is 7.49. The third-order valence-corrected chi connectivity index (χ3v) is 8.17. The van der Waals surface area contributed by atoms with Gasteiger partial charge in [0.25, 0.3) is 5.91 Å². The number of nitrogens with zero attached hydrogens (tertiary/aromatic N) is 3. The number of ether oxygens (including phenoxy) is 3. The summed E-state index contributed by atoms with van der Waals surface area (Å²) in [4.78, 5) is 43.5. The molecule has 1 atom stereocenters. The van der Waals surface area contributed by atoms with E-state index in [0.717, 1.165) is 44.2 Å². The van der Waals surface area contributed by atoms with Crippen molar-refractivity contribution in [3.63, 3.8) is 0 Å². The van der Waals surface area contributed by atoms with Gasteiger partial charge < -0.3 is 39.0 Å². The van der Waals surface area contributed by atoms with E-state index in [4.69, 9.17) is 19.3 Å². The first kappa shape index (κ1) is 34.6. The molecule has 2 aromatic rings. The summed E-state index contributed by atoms with van der Waals surface area (Å²) in [7, 11) is 0. The molecule has 2 heterocycles. The zero-order valence-electron chi connectivity index (χ0n) is 26.5. The normalized spacial score (nSPS) is 17.0. The lowest BCUT2D eigenvalue weighted by atomic mass is 9.83. The van der Waals surface area contributed by atoms with Crippen LogP contribution in [0.1, 0.15) is 63.4 Å². The summed E-state index contributed by atoms with van der Waals surface area (Å²) in [5, 5.41) is 12.0. The molecule has 13 heteroatoms. The van der Waals surface area contributed by atoms with Crippen LogP contribution in [0.4, 0.5) is 13.6 Å². The number of hydrogen-bond donors (Lipinski definition) is 2. The maximum absolute atomic E-state index is 14.2. The number of alkyl carbamates (subject to hydrolysis) is 1. The van der Waals surface area contributed by atoms with Crippen molar-refractivity contribution in [2.24, 2.45) is 5.92 Å². The number of hydrogen-bond acceptors (Lipinski definition) is 7. The molecule has 1 saturated heterocycles. The molecule has 3 amide bonds. The molecule has 250 valence electrons. The highest BCUT2D eigenvalue weighted by molar-refractivity contribution is 5.99. The second-order valence-corrected chi connectivity index (χ2v) is 12.6. The highest BCUT2D eigenvalue weighted by Gasteiger charge is 2.37. The van der Waals surface area contributed by atoms with Gasteiger partial charge in [0.15, 0.2) is 11.6 Å². The van der Waals surface area contributed by atoms with Crippen LogP contribution in [0.3, 0.4) is 0 Å². The van der Waals surface area contributed by atoms with Gasteiger partial charge in [-0.2, -0.15) is 0 Å². The van der Waals surface area contributed by atoms with E-state index in [2.05, 4.69) is 5.32 Å². The van der Waals surface area contributed by atoms with Gasteiger partial charge in [-0.3, -0.25) is 9.59 Å². The molecule has 0 bridgehead atoms. The Morgan fingerprint density at radius 1 is 0.911 bits per heavy atom. The molecule has 45 heavy (non-hydrogen) atoms. The van der Waals surface area contributed by atoms with Gasteiger partial charge in [0.2, 0.25) is 5.91 Å². The molecular weight excluding hydrogens is 590 g/mol. The van der Waals surface area contributed by atoms with Crippen molar-refractivity contribution >= 4 is 28.8 Å². The van der Waals surface area contributed by atoms with E-state index < -0.39 is 29.4 Å². The Labute approximate surface area is 262 Å². The van der Waals surface area contributed by atoms with Crippen LogP contribution in [-0.4, -0.2) is 108 Å². The average Bonchev–Trinajstić information content (AvgIpc) is 3.35. The lowest BCUT2D eigenvalue weighted by Crippen LogP contribution is -2.58. The van der Waals surface area contributed by atoms with Gasteiger partial charge in [0.05, 0.1) is 38.6 Å². The summed E-state index contributed by atoms with van der Waals surface area (Å²) in [6.07, 6.45) is 4.16. The standard InChI is InChI=1S/C32H46F2N4O7/c1-32(2,3)45-31(42)35-28(22-7-5-4-6-8-22)30(41)37-11-9-36(10-12-37)29(40)27-20-23-19-24(33)25(34)21-26(23)38(27)13-15-43-17-18-44-16-14-39/h19-22,28,39H,4-18H2,1-3H3,(H,35,42)/t28-/m0/s1. The van der Waals surface area contributed by atoms with Crippen LogP contribution >= 0.6 is 0 Å². The molecule has 2 aliphatic rings. The Bertz CT molecular complexity index is 1310. The predicted octanol–water partition coefficient (Wildman–Crippen LogP) is 3.70. The molecule has 1 aliphatic heterocycles. The third kappa shape index (κ3) is 9.36. The first-order valence-electron chi connectivity index (χ1n) is 15.8. The molecule has 11 nitrogen and oxygen atoms in total. The minimum absolute atomic E-state index is 0.0124. The number of halogens is 2. The van der Waals surface area contributed by atoms with Gasteiger partial charge >= 0.3 is 6.09 Å². The predicted molar refractivity (Wildman–Crippen MR) is 163 cm³/mol. The Kier molecular flexibility index (Phi) is 12.2. The fourth-order valence-electron chi connectivity index (χ4n) is 5.99. The SMILES string of the molecule is CC(C)(C)OC(=O)N[C@H](C(=O)N1CCN(C(=O)c2cc3cc(F)c(F)cc3n2CCOCCOCCO)CC1)C1CCCCC1. The van der Waals surface area contributed by atoms with E-state index in [0.29, 0.717) is 10.9 Å². The zero-order valence-corrected chi connectivity index (χ0v) is 26.5. The second kappa shape index (κ2) is 15.8. The topological polar surface area (TPSA) is 123 Å². The third-order valence-electron chi connectivity index (χ3n) is 8.17. The molecule has 1 aromatic heterocycles. The number of carbonyl (C=O) groups excluding carboxylic acids is 3. The zero-order chi connectivity index (χ0) is 32.6. The summed E-state index contributed by atoms with van der Waals surface area (Å²) in [6, 6.07) is 2.99. The lowest BCUT2D eigenvalue weighted by molar-refractivity contribution is -0.136. The number of fused-ring (bicyclic) bond motifs is 1. The van der Waals surface area contributed by atoms with E-state index in [1.54, 1.807) is 41.2 Å². The molecule has 0 unspecified atom stereocenters. The summed E-state index contributed by atoms with van der Waals surface area (Å²) in [5.41, 5.74) is -0.0619. The fourth-order valence-corrected chi connectivity index (χ4v) is 5.99. The Morgan fingerprint density at radius 2 is 1.53 bits per heavy atom. The Morgan fingerprint density at radius 3 is 2.18 bits per heavy atom. The maximum Gasteiger partial charge on any atom is 0.408 e. The molecule has 1 aliphatic carbocycles. The molecule has 2 fully saturated rings. The highest BCUT2D eigenvalue weighted by atomic mass is 19.2. The summed E-state index contributed by atoms with van der Waals surface area (Å²) in [5.74, 6) is -2.51. The van der Waals surface area contributed by atoms with Crippen molar-refractivity contribution in [3.8, 4) is 0 Å². The van der Waals surface area contributed by atoms with E-state index >= 15 is 0 Å². The van der Waals surface area contributed by atoms with Crippen molar-refractivity contribution in [2.75, 3.05) is 59.2 Å². The number of aliphatic hydroxyl groups is 1. The van der Waals surface area contributed by atoms with E-state index in [1.165, 1.54) is 0 Å². The van der Waals surface area contributed by atoms with Gasteiger partial charge in [-0.05, 0) is 51.7 Å². The molecule has 0 spiro atoms. The van der Waals surface area contributed by atoms with Crippen molar-refractivity contribution in [1.29, 1.82) is 0 Å². The van der Waals surface area contributed by atoms with Crippen LogP contribution in [0.25, 0.3) is 10.9 Å². The van der Waals surface area contributed by atoms with Crippen molar-refractivity contribution < 1.29 is 42.5 Å². The van der Waals surface area contributed by atoms with Crippen LogP contribution in [-0.2, 0) is 25.5 Å². The number of amides is 3. The largest absolute Gasteiger partial charge is 0.444 e. The van der Waals surface area contributed by atoms with E-state index in [1.807, 2.05) is 0 Å². The second-order valence-electron chi connectivity index (χ2n) is 12.6. The summed E-state index contributed by atoms with van der Waals surface area (Å²) >= 11 is 0. The van der Waals surface area contributed by atoms with Crippen LogP contribution < -0.4 is 5.32 Å². The number of carbonyl (C=O) groups is 3. The number of piperazine rings is 1. The Balaban J connectivity index is 1.43. The molecule has 2 N–H and O–H groups in total. The highest BCUT2D eigenvalue weighted by Crippen LogP contribution is 2.29. The number of rotatable bonds is 12. The molecular formula is C32H46F2N4O7. The van der Waals surface area contributed by atoms with E-state index in [-0.39, 0.29) is 89.2 Å². The number of aliphatic hydroxyl groups excluding tert-OH is 1. The van der Waals surface area contributed by atoms with Gasteiger partial charge in [0, 0.05) is 44.2 Å². The molecule has 1 saturated carbocycles. The van der Waals surface area contributed by atoms with Crippen LogP contribution in [0.5, 0.6) is 0 Å². The first-order chi connectivity index (χ1) is 21.5. The van der Waals surface area contributed by atoms with Gasteiger partial charge in [0.1, 0.15) is 17.3 Å². The quantitative estimate of drug-likeness (QED) is 0.341. The van der Waals surface area contributed by atoms with Crippen LogP contribution in [0.2, 0.25) is 0 Å². The van der Waals surface area contributed by atoms with Crippen molar-refractivity contribution in [3.05, 3.63) is 35.5 Å². The maximum atomic E-state index is 14.2. The van der Waals surface area contributed by atoms with Crippen LogP contribution in [0.15, 0.2) is 18.2 Å². The minimum atomic E-state index is -1.01. The smallest absolute Gasteiger partial charge is 0.408 e. The summed E-state index contributed by atoms with van der Waals surface area (Å²) < 4.78 is 46.1. The number of aromatic nitrogens is 1. The minimum Gasteiger partial charge on any atom is -0.444 e. The van der Waals surface area contributed by atoms with Crippen molar-refractivity contribution in [1.82, 2.24) is 19.7 Å². The van der Waals surface area contributed by atoms with E-state index in [9.17, 15) is 23.2 Å². The van der Waals surface area contributed by atoms with Gasteiger partial charge in [-0.1, -0.05) is 19.3 Å². The van der Waals surface area contributed by atoms with Crippen LogP contribution in [0, 0.1) is 17.6 Å². The molecule has 4 rings (SSSR count). The fraction of sp³-hybridized carbons (Fsp3) is 0.656. The van der Waals surface area contributed by atoms with Crippen molar-refractivity contribution in [2.45, 2.75) is 71.1 Å². The molecule has 1 aromatic carbocycles. The van der Waals surface area contributed by atoms with Gasteiger partial charge in [-0.25, -0.2) is 13.6 Å². The number of benzene rings is 1. The Hall–Kier alpha value is -3.29. The average molecular weight is 637 g/mol. The first-order valence-corrected chi connectivity index (χ1v) is 15.8. The number of nitrogens with one attached hydrogen (secondary N) is 1. The monoisotopic (exact) mass is 636 g/mol. The lowest BCUT2D eigenvalue weighted by Gasteiger charge is -2.39.